The van der Waals surface area contributed by atoms with Crippen LogP contribution in [0.4, 0.5) is 0 Å². The van der Waals surface area contributed by atoms with Crippen molar-refractivity contribution in [3.63, 3.8) is 0 Å². The molecule has 2 aliphatic heterocycles. The Labute approximate surface area is 138 Å². The van der Waals surface area contributed by atoms with Crippen LogP contribution >= 0.6 is 0 Å². The highest BCUT2D eigenvalue weighted by molar-refractivity contribution is 4.80. The minimum atomic E-state index is 0.733. The van der Waals surface area contributed by atoms with E-state index in [4.69, 9.17) is 0 Å². The first kappa shape index (κ1) is 18.2. The third kappa shape index (κ3) is 5.19. The number of hydrogen-bond acceptors (Lipinski definition) is 4. The molecular formula is C18H38N4. The second-order valence-electron chi connectivity index (χ2n) is 7.24. The topological polar surface area (TPSA) is 13.0 Å². The van der Waals surface area contributed by atoms with Crippen LogP contribution in [0.3, 0.4) is 0 Å². The summed E-state index contributed by atoms with van der Waals surface area (Å²) in [6, 6.07) is 1.49. The minimum Gasteiger partial charge on any atom is -0.301 e. The van der Waals surface area contributed by atoms with E-state index < -0.39 is 0 Å². The van der Waals surface area contributed by atoms with E-state index in [1.165, 1.54) is 78.3 Å². The Morgan fingerprint density at radius 3 is 2.14 bits per heavy atom. The van der Waals surface area contributed by atoms with Crippen molar-refractivity contribution < 1.29 is 0 Å². The van der Waals surface area contributed by atoms with Crippen molar-refractivity contribution in [1.29, 1.82) is 0 Å². The number of nitrogens with zero attached hydrogens (tertiary/aromatic N) is 4. The van der Waals surface area contributed by atoms with Crippen molar-refractivity contribution in [1.82, 2.24) is 19.6 Å². The fourth-order valence-electron chi connectivity index (χ4n) is 3.98. The monoisotopic (exact) mass is 310 g/mol. The molecule has 0 aromatic carbocycles. The van der Waals surface area contributed by atoms with E-state index in [2.05, 4.69) is 47.3 Å². The number of likely N-dealkylation sites (N-methyl/N-ethyl adjacent to an activating group) is 2. The molecule has 0 aliphatic carbocycles. The molecule has 22 heavy (non-hydrogen) atoms. The molecule has 2 saturated heterocycles. The van der Waals surface area contributed by atoms with E-state index >= 15 is 0 Å². The van der Waals surface area contributed by atoms with E-state index in [1.807, 2.05) is 0 Å². The van der Waals surface area contributed by atoms with Crippen LogP contribution < -0.4 is 0 Å². The lowest BCUT2D eigenvalue weighted by molar-refractivity contribution is 0.0766. The van der Waals surface area contributed by atoms with Gasteiger partial charge in [-0.1, -0.05) is 13.8 Å². The van der Waals surface area contributed by atoms with E-state index in [9.17, 15) is 0 Å². The maximum absolute atomic E-state index is 2.70. The van der Waals surface area contributed by atoms with Crippen LogP contribution in [0.5, 0.6) is 0 Å². The highest BCUT2D eigenvalue weighted by Crippen LogP contribution is 2.14. The summed E-state index contributed by atoms with van der Waals surface area (Å²) in [5, 5.41) is 0. The van der Waals surface area contributed by atoms with E-state index in [0.717, 1.165) is 12.1 Å². The van der Waals surface area contributed by atoms with Gasteiger partial charge in [-0.2, -0.15) is 0 Å². The number of rotatable bonds is 7. The summed E-state index contributed by atoms with van der Waals surface area (Å²) in [5.74, 6) is 0. The lowest BCUT2D eigenvalue weighted by atomic mass is 10.1. The molecule has 0 aromatic heterocycles. The quantitative estimate of drug-likeness (QED) is 0.711. The summed E-state index contributed by atoms with van der Waals surface area (Å²) in [6.45, 7) is 21.9. The van der Waals surface area contributed by atoms with Gasteiger partial charge in [-0.05, 0) is 46.3 Å². The molecule has 130 valence electrons. The van der Waals surface area contributed by atoms with Crippen molar-refractivity contribution in [2.45, 2.75) is 52.6 Å². The zero-order valence-electron chi connectivity index (χ0n) is 15.4. The summed E-state index contributed by atoms with van der Waals surface area (Å²) in [5.41, 5.74) is 0. The molecule has 0 spiro atoms. The third-order valence-corrected chi connectivity index (χ3v) is 5.84. The predicted molar refractivity (Wildman–Crippen MR) is 95.5 cm³/mol. The first-order chi connectivity index (χ1) is 10.6. The standard InChI is InChI=1S/C18H38N4/c1-5-19-10-13-22(14-11-19)17(3)8-7-9-21-15-12-20(6-2)16-18(21)4/h17-18H,5-16H2,1-4H3/t17?,18-/m0/s1. The van der Waals surface area contributed by atoms with Gasteiger partial charge in [0.25, 0.3) is 0 Å². The Morgan fingerprint density at radius 1 is 0.909 bits per heavy atom. The molecule has 1 unspecified atom stereocenters. The second kappa shape index (κ2) is 9.21. The summed E-state index contributed by atoms with van der Waals surface area (Å²) in [4.78, 5) is 10.5. The molecule has 2 rings (SSSR count). The minimum absolute atomic E-state index is 0.733. The van der Waals surface area contributed by atoms with Crippen LogP contribution in [-0.4, -0.2) is 97.1 Å². The van der Waals surface area contributed by atoms with Gasteiger partial charge in [0.1, 0.15) is 0 Å². The Hall–Kier alpha value is -0.160. The zero-order chi connectivity index (χ0) is 15.9. The average Bonchev–Trinajstić information content (AvgIpc) is 2.56. The summed E-state index contributed by atoms with van der Waals surface area (Å²) >= 11 is 0. The van der Waals surface area contributed by atoms with Gasteiger partial charge in [-0.3, -0.25) is 9.80 Å². The fraction of sp³-hybridized carbons (Fsp3) is 1.00. The van der Waals surface area contributed by atoms with Crippen LogP contribution in [0.1, 0.15) is 40.5 Å². The van der Waals surface area contributed by atoms with Gasteiger partial charge in [-0.15, -0.1) is 0 Å². The van der Waals surface area contributed by atoms with Gasteiger partial charge in [-0.25, -0.2) is 0 Å². The molecule has 0 aromatic rings. The molecule has 4 heteroatoms. The number of piperazine rings is 2. The molecule has 2 fully saturated rings. The first-order valence-electron chi connectivity index (χ1n) is 9.56. The van der Waals surface area contributed by atoms with Crippen molar-refractivity contribution in [2.75, 3.05) is 65.4 Å². The average molecular weight is 311 g/mol. The largest absolute Gasteiger partial charge is 0.301 e. The zero-order valence-corrected chi connectivity index (χ0v) is 15.4. The Morgan fingerprint density at radius 2 is 1.55 bits per heavy atom. The maximum Gasteiger partial charge on any atom is 0.0195 e. The van der Waals surface area contributed by atoms with Crippen molar-refractivity contribution in [3.05, 3.63) is 0 Å². The molecular weight excluding hydrogens is 272 g/mol. The lowest BCUT2D eigenvalue weighted by Crippen LogP contribution is -2.52. The summed E-state index contributed by atoms with van der Waals surface area (Å²) in [7, 11) is 0. The molecule has 0 N–H and O–H groups in total. The molecule has 0 bridgehead atoms. The predicted octanol–water partition coefficient (Wildman–Crippen LogP) is 1.82. The van der Waals surface area contributed by atoms with Gasteiger partial charge in [0.2, 0.25) is 0 Å². The molecule has 2 atom stereocenters. The van der Waals surface area contributed by atoms with Crippen LogP contribution in [0.15, 0.2) is 0 Å². The number of hydrogen-bond donors (Lipinski definition) is 0. The maximum atomic E-state index is 2.70. The fourth-order valence-corrected chi connectivity index (χ4v) is 3.98. The molecule has 0 amide bonds. The molecule has 2 heterocycles. The first-order valence-corrected chi connectivity index (χ1v) is 9.56. The van der Waals surface area contributed by atoms with Gasteiger partial charge >= 0.3 is 0 Å². The highest BCUT2D eigenvalue weighted by Gasteiger charge is 2.23. The lowest BCUT2D eigenvalue weighted by Gasteiger charge is -2.40. The van der Waals surface area contributed by atoms with E-state index in [-0.39, 0.29) is 0 Å². The Kier molecular flexibility index (Phi) is 7.61. The summed E-state index contributed by atoms with van der Waals surface area (Å²) < 4.78 is 0. The van der Waals surface area contributed by atoms with Gasteiger partial charge in [0.15, 0.2) is 0 Å². The van der Waals surface area contributed by atoms with Crippen molar-refractivity contribution in [2.24, 2.45) is 0 Å². The SMILES string of the molecule is CCN1CCN(C(C)CCCN2CCN(CC)C[C@@H]2C)CC1. The van der Waals surface area contributed by atoms with E-state index in [1.54, 1.807) is 0 Å². The smallest absolute Gasteiger partial charge is 0.0195 e. The van der Waals surface area contributed by atoms with Crippen molar-refractivity contribution >= 4 is 0 Å². The van der Waals surface area contributed by atoms with Crippen LogP contribution in [0.25, 0.3) is 0 Å². The van der Waals surface area contributed by atoms with Gasteiger partial charge in [0, 0.05) is 57.9 Å². The molecule has 2 aliphatic rings. The van der Waals surface area contributed by atoms with Crippen LogP contribution in [0, 0.1) is 0 Å². The molecule has 0 saturated carbocycles. The summed E-state index contributed by atoms with van der Waals surface area (Å²) in [6.07, 6.45) is 2.71. The molecule has 0 radical (unpaired) electrons. The Balaban J connectivity index is 1.62. The second-order valence-corrected chi connectivity index (χ2v) is 7.24. The van der Waals surface area contributed by atoms with Gasteiger partial charge < -0.3 is 9.80 Å². The van der Waals surface area contributed by atoms with E-state index in [0.29, 0.717) is 0 Å². The molecule has 4 nitrogen and oxygen atoms in total. The highest BCUT2D eigenvalue weighted by atomic mass is 15.3. The Bertz CT molecular complexity index is 301. The van der Waals surface area contributed by atoms with Gasteiger partial charge in [0.05, 0.1) is 0 Å². The van der Waals surface area contributed by atoms with Crippen molar-refractivity contribution in [3.8, 4) is 0 Å². The van der Waals surface area contributed by atoms with Crippen LogP contribution in [-0.2, 0) is 0 Å². The normalized spacial score (nSPS) is 28.1. The van der Waals surface area contributed by atoms with Crippen LogP contribution in [0.2, 0.25) is 0 Å². The third-order valence-electron chi connectivity index (χ3n) is 5.84.